The maximum absolute atomic E-state index is 12.5. The predicted octanol–water partition coefficient (Wildman–Crippen LogP) is 5.50. The molecule has 254 valence electrons. The van der Waals surface area contributed by atoms with E-state index >= 15 is 0 Å². The van der Waals surface area contributed by atoms with E-state index in [1.165, 1.54) is 31.2 Å². The Morgan fingerprint density at radius 3 is 1.51 bits per heavy atom. The maximum Gasteiger partial charge on any atom is 0.303 e. The van der Waals surface area contributed by atoms with Crippen LogP contribution >= 0.6 is 0 Å². The topological polar surface area (TPSA) is 150 Å². The van der Waals surface area contributed by atoms with E-state index in [1.54, 1.807) is 0 Å². The van der Waals surface area contributed by atoms with Crippen molar-refractivity contribution in [2.75, 3.05) is 6.61 Å². The second-order valence-electron chi connectivity index (χ2n) is 11.2. The summed E-state index contributed by atoms with van der Waals surface area (Å²) in [5.74, 6) is -2.09. The molecule has 12 heteroatoms. The van der Waals surface area contributed by atoms with Gasteiger partial charge in [0.25, 0.3) is 5.69 Å². The Labute approximate surface area is 282 Å². The fourth-order valence-electron chi connectivity index (χ4n) is 5.84. The number of hydrogen-bond donors (Lipinski definition) is 0. The van der Waals surface area contributed by atoms with Gasteiger partial charge >= 0.3 is 17.9 Å². The van der Waals surface area contributed by atoms with E-state index in [9.17, 15) is 24.5 Å². The molecule has 0 radical (unpaired) electrons. The quantitative estimate of drug-likeness (QED) is 0.0618. The molecular weight excluding hydrogens is 634 g/mol. The summed E-state index contributed by atoms with van der Waals surface area (Å²) in [6, 6.07) is 33.8. The van der Waals surface area contributed by atoms with Gasteiger partial charge in [0.05, 0.1) is 11.5 Å². The summed E-state index contributed by atoms with van der Waals surface area (Å²) in [5.41, 5.74) is 0.999. The van der Waals surface area contributed by atoms with E-state index in [0.717, 1.165) is 30.5 Å². The van der Waals surface area contributed by atoms with Crippen molar-refractivity contribution in [2.24, 2.45) is 0 Å². The standard InChI is InChI=1S/C37H35NO11/c1-24(39)45-33-32(23-44-37(27-13-7-4-8-14-27,28-15-9-5-10-16-28)29-17-11-6-12-18-29)49-36(35(47-26(3)41)34(33)46-25(2)40)48-31-21-19-30(20-22-31)38(42)43/h4-22,32-36H,23H2,1-3H3/t32?,33-,34-,35?,36+/m1/s1. The number of carbonyl (C=O) groups excluding carboxylic acids is 3. The van der Waals surface area contributed by atoms with E-state index < -0.39 is 59.1 Å². The van der Waals surface area contributed by atoms with E-state index in [-0.39, 0.29) is 18.0 Å². The van der Waals surface area contributed by atoms with Crippen molar-refractivity contribution in [3.05, 3.63) is 142 Å². The summed E-state index contributed by atoms with van der Waals surface area (Å²) >= 11 is 0. The van der Waals surface area contributed by atoms with Crippen LogP contribution in [-0.4, -0.2) is 60.1 Å². The lowest BCUT2D eigenvalue weighted by atomic mass is 9.80. The zero-order chi connectivity index (χ0) is 35.0. The van der Waals surface area contributed by atoms with Gasteiger partial charge in [-0.1, -0.05) is 91.0 Å². The fraction of sp³-hybridized carbons (Fsp3) is 0.270. The molecule has 0 aliphatic carbocycles. The zero-order valence-electron chi connectivity index (χ0n) is 27.0. The van der Waals surface area contributed by atoms with Crippen LogP contribution in [-0.2, 0) is 43.7 Å². The molecule has 4 aromatic rings. The van der Waals surface area contributed by atoms with E-state index in [2.05, 4.69) is 0 Å². The molecule has 0 bridgehead atoms. The van der Waals surface area contributed by atoms with Gasteiger partial charge in [0, 0.05) is 32.9 Å². The highest BCUT2D eigenvalue weighted by Crippen LogP contribution is 2.41. The van der Waals surface area contributed by atoms with Crippen molar-refractivity contribution in [1.29, 1.82) is 0 Å². The second kappa shape index (κ2) is 15.5. The second-order valence-corrected chi connectivity index (χ2v) is 11.2. The number of rotatable bonds is 12. The van der Waals surface area contributed by atoms with Crippen molar-refractivity contribution < 1.29 is 47.7 Å². The first kappa shape index (κ1) is 34.7. The molecule has 0 spiro atoms. The Morgan fingerprint density at radius 1 is 0.653 bits per heavy atom. The van der Waals surface area contributed by atoms with E-state index in [4.69, 9.17) is 28.4 Å². The number of esters is 3. The van der Waals surface area contributed by atoms with Gasteiger partial charge in [-0.2, -0.15) is 0 Å². The molecule has 5 rings (SSSR count). The summed E-state index contributed by atoms with van der Waals surface area (Å²) < 4.78 is 36.3. The maximum atomic E-state index is 12.5. The first-order valence-electron chi connectivity index (χ1n) is 15.5. The minimum atomic E-state index is -1.44. The highest BCUT2D eigenvalue weighted by Gasteiger charge is 2.54. The van der Waals surface area contributed by atoms with Gasteiger partial charge in [-0.3, -0.25) is 24.5 Å². The molecule has 5 atom stereocenters. The molecular formula is C37H35NO11. The molecule has 4 aromatic carbocycles. The molecule has 1 aliphatic heterocycles. The van der Waals surface area contributed by atoms with Gasteiger partial charge in [0.1, 0.15) is 17.5 Å². The lowest BCUT2D eigenvalue weighted by Crippen LogP contribution is -2.63. The zero-order valence-corrected chi connectivity index (χ0v) is 27.0. The Morgan fingerprint density at radius 2 is 1.08 bits per heavy atom. The largest absolute Gasteiger partial charge is 0.461 e. The van der Waals surface area contributed by atoms with Crippen LogP contribution < -0.4 is 4.74 Å². The summed E-state index contributed by atoms with van der Waals surface area (Å²) in [5, 5.41) is 11.2. The molecule has 2 unspecified atom stereocenters. The average Bonchev–Trinajstić information content (AvgIpc) is 3.09. The van der Waals surface area contributed by atoms with Crippen LogP contribution in [0.25, 0.3) is 0 Å². The van der Waals surface area contributed by atoms with Gasteiger partial charge in [-0.15, -0.1) is 0 Å². The number of benzene rings is 4. The monoisotopic (exact) mass is 669 g/mol. The summed E-state index contributed by atoms with van der Waals surface area (Å²) in [4.78, 5) is 47.9. The Kier molecular flexibility index (Phi) is 11.0. The van der Waals surface area contributed by atoms with Crippen LogP contribution in [0.15, 0.2) is 115 Å². The fourth-order valence-corrected chi connectivity index (χ4v) is 5.84. The number of nitro groups is 1. The van der Waals surface area contributed by atoms with Gasteiger partial charge < -0.3 is 28.4 Å². The van der Waals surface area contributed by atoms with Crippen LogP contribution in [0.4, 0.5) is 5.69 Å². The van der Waals surface area contributed by atoms with E-state index in [1.807, 2.05) is 91.0 Å². The lowest BCUT2D eigenvalue weighted by molar-refractivity contribution is -0.384. The van der Waals surface area contributed by atoms with Crippen LogP contribution in [0.5, 0.6) is 5.75 Å². The molecule has 0 N–H and O–H groups in total. The van der Waals surface area contributed by atoms with Crippen molar-refractivity contribution in [1.82, 2.24) is 0 Å². The van der Waals surface area contributed by atoms with Crippen LogP contribution in [0.1, 0.15) is 37.5 Å². The predicted molar refractivity (Wildman–Crippen MR) is 174 cm³/mol. The Bertz CT molecular complexity index is 1640. The molecule has 12 nitrogen and oxygen atoms in total. The minimum absolute atomic E-state index is 0.132. The van der Waals surface area contributed by atoms with Crippen LogP contribution in [0, 0.1) is 10.1 Å². The van der Waals surface area contributed by atoms with Gasteiger partial charge in [0.15, 0.2) is 12.2 Å². The number of ether oxygens (including phenoxy) is 6. The van der Waals surface area contributed by atoms with Crippen molar-refractivity contribution >= 4 is 23.6 Å². The third kappa shape index (κ3) is 8.11. The number of nitrogens with zero attached hydrogens (tertiary/aromatic N) is 1. The Balaban J connectivity index is 1.60. The molecule has 1 aliphatic rings. The van der Waals surface area contributed by atoms with Crippen molar-refractivity contribution in [3.8, 4) is 5.75 Å². The molecule has 0 saturated carbocycles. The first-order chi connectivity index (χ1) is 23.6. The highest BCUT2D eigenvalue weighted by atomic mass is 16.7. The SMILES string of the molecule is CC(=O)OC1[C@@H](Oc2ccc([N+](=O)[O-])cc2)OC(COC(c2ccccc2)(c2ccccc2)c2ccccc2)[C@@H](OC(C)=O)[C@H]1OC(C)=O. The lowest BCUT2D eigenvalue weighted by Gasteiger charge is -2.45. The molecule has 49 heavy (non-hydrogen) atoms. The van der Waals surface area contributed by atoms with Crippen molar-refractivity contribution in [3.63, 3.8) is 0 Å². The number of non-ortho nitro benzene ring substituents is 1. The van der Waals surface area contributed by atoms with Crippen LogP contribution in [0.3, 0.4) is 0 Å². The van der Waals surface area contributed by atoms with E-state index in [0.29, 0.717) is 0 Å². The molecule has 1 heterocycles. The van der Waals surface area contributed by atoms with Gasteiger partial charge in [-0.05, 0) is 28.8 Å². The van der Waals surface area contributed by atoms with Crippen LogP contribution in [0.2, 0.25) is 0 Å². The summed E-state index contributed by atoms with van der Waals surface area (Å²) in [7, 11) is 0. The number of nitro benzene ring substituents is 1. The first-order valence-corrected chi connectivity index (χ1v) is 15.5. The smallest absolute Gasteiger partial charge is 0.303 e. The highest BCUT2D eigenvalue weighted by molar-refractivity contribution is 5.68. The third-order valence-corrected chi connectivity index (χ3v) is 7.80. The minimum Gasteiger partial charge on any atom is -0.461 e. The third-order valence-electron chi connectivity index (χ3n) is 7.80. The number of carbonyl (C=O) groups is 3. The Hall–Kier alpha value is -5.59. The molecule has 1 saturated heterocycles. The number of hydrogen-bond acceptors (Lipinski definition) is 11. The molecule has 0 amide bonds. The molecule has 1 fully saturated rings. The average molecular weight is 670 g/mol. The van der Waals surface area contributed by atoms with Gasteiger partial charge in [0.2, 0.25) is 12.4 Å². The summed E-state index contributed by atoms with van der Waals surface area (Å²) in [6.07, 6.45) is -6.72. The molecule has 0 aromatic heterocycles. The van der Waals surface area contributed by atoms with Crippen molar-refractivity contribution in [2.45, 2.75) is 57.1 Å². The summed E-state index contributed by atoms with van der Waals surface area (Å²) in [6.45, 7) is 3.25. The van der Waals surface area contributed by atoms with Gasteiger partial charge in [-0.25, -0.2) is 0 Å². The normalized spacial score (nSPS) is 20.4.